The van der Waals surface area contributed by atoms with Crippen molar-refractivity contribution in [1.29, 1.82) is 0 Å². The van der Waals surface area contributed by atoms with E-state index in [1.807, 2.05) is 0 Å². The predicted molar refractivity (Wildman–Crippen MR) is 79.9 cm³/mol. The molecule has 0 aliphatic carbocycles. The molecule has 0 fully saturated rings. The topological polar surface area (TPSA) is 29.1 Å². The molecule has 23 heavy (non-hydrogen) atoms. The number of rotatable bonds is 6. The monoisotopic (exact) mass is 323 g/mol. The average molecular weight is 323 g/mol. The molecule has 0 amide bonds. The van der Waals surface area contributed by atoms with Gasteiger partial charge in [0.15, 0.2) is 5.78 Å². The van der Waals surface area contributed by atoms with Crippen molar-refractivity contribution < 1.29 is 22.4 Å². The van der Waals surface area contributed by atoms with Gasteiger partial charge < -0.3 is 5.32 Å². The zero-order valence-electron chi connectivity index (χ0n) is 11.8. The van der Waals surface area contributed by atoms with E-state index in [1.54, 1.807) is 36.4 Å². The summed E-state index contributed by atoms with van der Waals surface area (Å²) in [5.74, 6) is -5.26. The highest BCUT2D eigenvalue weighted by molar-refractivity contribution is 6.05. The van der Waals surface area contributed by atoms with E-state index in [9.17, 15) is 22.4 Å². The number of allylic oxidation sites excluding steroid dienone is 2. The van der Waals surface area contributed by atoms with Crippen LogP contribution in [0.3, 0.4) is 0 Å². The lowest BCUT2D eigenvalue weighted by atomic mass is 10.1. The van der Waals surface area contributed by atoms with Gasteiger partial charge in [0.25, 0.3) is 0 Å². The molecule has 0 saturated heterocycles. The number of alkyl halides is 4. The normalized spacial score (nSPS) is 12.3. The summed E-state index contributed by atoms with van der Waals surface area (Å²) < 4.78 is 52.8. The Morgan fingerprint density at radius 3 is 2.00 bits per heavy atom. The van der Waals surface area contributed by atoms with Crippen molar-refractivity contribution in [1.82, 2.24) is 0 Å². The number of para-hydroxylation sites is 1. The Morgan fingerprint density at radius 1 is 0.957 bits per heavy atom. The molecule has 0 spiro atoms. The number of halogens is 4. The Morgan fingerprint density at radius 2 is 1.48 bits per heavy atom. The molecule has 2 rings (SSSR count). The molecule has 0 aliphatic rings. The Hall–Kier alpha value is -2.63. The van der Waals surface area contributed by atoms with Crippen LogP contribution >= 0.6 is 0 Å². The van der Waals surface area contributed by atoms with Crippen LogP contribution in [0.1, 0.15) is 10.4 Å². The summed E-state index contributed by atoms with van der Waals surface area (Å²) in [4.78, 5) is 12.0. The minimum Gasteiger partial charge on any atom is -0.354 e. The molecule has 0 saturated carbocycles. The van der Waals surface area contributed by atoms with Crippen LogP contribution in [0.4, 0.5) is 23.2 Å². The van der Waals surface area contributed by atoms with Gasteiger partial charge in [-0.2, -0.15) is 8.78 Å². The molecule has 2 nitrogen and oxygen atoms in total. The number of carbonyl (C=O) groups is 1. The van der Waals surface area contributed by atoms with Gasteiger partial charge in [0.05, 0.1) is 5.70 Å². The first kappa shape index (κ1) is 16.7. The second-order valence-electron chi connectivity index (χ2n) is 4.70. The first-order chi connectivity index (χ1) is 10.9. The highest BCUT2D eigenvalue weighted by atomic mass is 19.3. The average Bonchev–Trinajstić information content (AvgIpc) is 2.55. The molecule has 0 heterocycles. The van der Waals surface area contributed by atoms with Gasteiger partial charge >= 0.3 is 12.3 Å². The van der Waals surface area contributed by atoms with E-state index in [1.165, 1.54) is 24.3 Å². The summed E-state index contributed by atoms with van der Waals surface area (Å²) in [7, 11) is 0. The molecule has 0 aliphatic heterocycles. The Balaban J connectivity index is 2.37. The van der Waals surface area contributed by atoms with E-state index < -0.39 is 23.8 Å². The van der Waals surface area contributed by atoms with Gasteiger partial charge in [-0.3, -0.25) is 4.79 Å². The number of nitrogens with one attached hydrogen (secondary N) is 1. The van der Waals surface area contributed by atoms with Crippen molar-refractivity contribution in [3.8, 4) is 0 Å². The van der Waals surface area contributed by atoms with E-state index >= 15 is 0 Å². The third-order valence-electron chi connectivity index (χ3n) is 3.02. The molecule has 2 aromatic carbocycles. The van der Waals surface area contributed by atoms with E-state index in [2.05, 4.69) is 5.32 Å². The molecule has 0 bridgehead atoms. The molecule has 0 unspecified atom stereocenters. The van der Waals surface area contributed by atoms with Crippen LogP contribution in [0, 0.1) is 0 Å². The van der Waals surface area contributed by atoms with Gasteiger partial charge in [-0.1, -0.05) is 48.5 Å². The highest BCUT2D eigenvalue weighted by Gasteiger charge is 2.45. The molecule has 0 atom stereocenters. The fourth-order valence-corrected chi connectivity index (χ4v) is 1.83. The second kappa shape index (κ2) is 7.09. The van der Waals surface area contributed by atoms with Crippen molar-refractivity contribution in [2.45, 2.75) is 12.3 Å². The Labute approximate surface area is 130 Å². The minimum absolute atomic E-state index is 0.130. The Kier molecular flexibility index (Phi) is 5.16. The van der Waals surface area contributed by atoms with Crippen LogP contribution in [-0.2, 0) is 0 Å². The zero-order valence-corrected chi connectivity index (χ0v) is 11.8. The summed E-state index contributed by atoms with van der Waals surface area (Å²) >= 11 is 0. The maximum absolute atomic E-state index is 13.7. The lowest BCUT2D eigenvalue weighted by molar-refractivity contribution is -0.0984. The van der Waals surface area contributed by atoms with E-state index in [4.69, 9.17) is 0 Å². The van der Waals surface area contributed by atoms with E-state index in [-0.39, 0.29) is 11.3 Å². The van der Waals surface area contributed by atoms with Gasteiger partial charge in [-0.05, 0) is 12.1 Å². The number of carbonyl (C=O) groups excluding carboxylic acids is 1. The fourth-order valence-electron chi connectivity index (χ4n) is 1.83. The number of ketones is 1. The van der Waals surface area contributed by atoms with Crippen LogP contribution in [-0.4, -0.2) is 18.1 Å². The van der Waals surface area contributed by atoms with Crippen LogP contribution in [0.25, 0.3) is 0 Å². The van der Waals surface area contributed by atoms with Crippen LogP contribution in [0.2, 0.25) is 0 Å². The molecule has 120 valence electrons. The summed E-state index contributed by atoms with van der Waals surface area (Å²) in [6.45, 7) is 0. The first-order valence-corrected chi connectivity index (χ1v) is 6.71. The van der Waals surface area contributed by atoms with Crippen LogP contribution in [0.15, 0.2) is 72.4 Å². The van der Waals surface area contributed by atoms with Gasteiger partial charge in [0, 0.05) is 17.3 Å². The van der Waals surface area contributed by atoms with Crippen molar-refractivity contribution >= 4 is 11.5 Å². The minimum atomic E-state index is -4.47. The number of hydrogen-bond donors (Lipinski definition) is 1. The summed E-state index contributed by atoms with van der Waals surface area (Å²) in [6, 6.07) is 15.2. The number of anilines is 1. The molecule has 0 aromatic heterocycles. The van der Waals surface area contributed by atoms with Gasteiger partial charge in [-0.15, -0.1) is 0 Å². The van der Waals surface area contributed by atoms with Crippen molar-refractivity contribution in [2.24, 2.45) is 0 Å². The number of benzene rings is 2. The quantitative estimate of drug-likeness (QED) is 0.471. The van der Waals surface area contributed by atoms with Crippen LogP contribution < -0.4 is 5.32 Å². The smallest absolute Gasteiger partial charge is 0.346 e. The molecular formula is C17H13F4NO. The van der Waals surface area contributed by atoms with E-state index in [0.29, 0.717) is 6.08 Å². The van der Waals surface area contributed by atoms with Crippen molar-refractivity contribution in [3.63, 3.8) is 0 Å². The summed E-state index contributed by atoms with van der Waals surface area (Å²) in [5.41, 5.74) is -0.836. The summed E-state index contributed by atoms with van der Waals surface area (Å²) in [6.07, 6.45) is -3.43. The molecule has 0 radical (unpaired) electrons. The highest BCUT2D eigenvalue weighted by Crippen LogP contribution is 2.32. The third-order valence-corrected chi connectivity index (χ3v) is 3.02. The second-order valence-corrected chi connectivity index (χ2v) is 4.70. The van der Waals surface area contributed by atoms with Gasteiger partial charge in [0.2, 0.25) is 0 Å². The lowest BCUT2D eigenvalue weighted by Gasteiger charge is -2.20. The van der Waals surface area contributed by atoms with Crippen molar-refractivity contribution in [2.75, 3.05) is 5.32 Å². The molecule has 1 N–H and O–H groups in total. The molecule has 6 heteroatoms. The summed E-state index contributed by atoms with van der Waals surface area (Å²) in [5, 5.41) is 2.21. The third kappa shape index (κ3) is 4.18. The Bertz CT molecular complexity index is 684. The zero-order chi connectivity index (χ0) is 16.9. The lowest BCUT2D eigenvalue weighted by Crippen LogP contribution is -2.33. The SMILES string of the molecule is O=C(/C=C(\Nc1ccccc1)C(F)(F)C(F)F)c1ccccc1. The maximum atomic E-state index is 13.7. The predicted octanol–water partition coefficient (Wildman–Crippen LogP) is 4.77. The largest absolute Gasteiger partial charge is 0.354 e. The maximum Gasteiger partial charge on any atom is 0.346 e. The molecular weight excluding hydrogens is 310 g/mol. The van der Waals surface area contributed by atoms with Gasteiger partial charge in [0.1, 0.15) is 0 Å². The first-order valence-electron chi connectivity index (χ1n) is 6.71. The van der Waals surface area contributed by atoms with Crippen molar-refractivity contribution in [3.05, 3.63) is 78.0 Å². The van der Waals surface area contributed by atoms with Crippen LogP contribution in [0.5, 0.6) is 0 Å². The van der Waals surface area contributed by atoms with E-state index in [0.717, 1.165) is 0 Å². The number of hydrogen-bond acceptors (Lipinski definition) is 2. The fraction of sp³-hybridized carbons (Fsp3) is 0.118. The standard InChI is InChI=1S/C17H13F4NO/c18-16(19)17(20,21)15(22-13-9-5-2-6-10-13)11-14(23)12-7-3-1-4-8-12/h1-11,16,22H/b15-11-. The van der Waals surface area contributed by atoms with Gasteiger partial charge in [-0.25, -0.2) is 8.78 Å². The molecule has 2 aromatic rings.